The molecule has 2 aromatic rings. The van der Waals surface area contributed by atoms with Gasteiger partial charge in [0.15, 0.2) is 0 Å². The van der Waals surface area contributed by atoms with E-state index in [2.05, 4.69) is 20.8 Å². The molecule has 0 bridgehead atoms. The fraction of sp³-hybridized carbons (Fsp3) is 0.375. The number of urea groups is 1. The molecule has 1 aliphatic heterocycles. The zero-order valence-electron chi connectivity index (χ0n) is 13.7. The second kappa shape index (κ2) is 7.79. The first-order valence-corrected chi connectivity index (χ1v) is 9.13. The van der Waals surface area contributed by atoms with Crippen LogP contribution < -0.4 is 10.6 Å². The van der Waals surface area contributed by atoms with Crippen LogP contribution in [0.3, 0.4) is 0 Å². The highest BCUT2D eigenvalue weighted by molar-refractivity contribution is 7.13. The molecule has 0 aliphatic carbocycles. The van der Waals surface area contributed by atoms with E-state index in [1.165, 1.54) is 11.3 Å². The lowest BCUT2D eigenvalue weighted by molar-refractivity contribution is 0.102. The summed E-state index contributed by atoms with van der Waals surface area (Å²) in [7, 11) is 1.62. The van der Waals surface area contributed by atoms with Crippen LogP contribution in [0.15, 0.2) is 24.3 Å². The summed E-state index contributed by atoms with van der Waals surface area (Å²) >= 11 is 7.11. The molecule has 1 aromatic heterocycles. The summed E-state index contributed by atoms with van der Waals surface area (Å²) in [6.07, 6.45) is 1.84. The zero-order chi connectivity index (χ0) is 17.8. The van der Waals surface area contributed by atoms with Crippen LogP contribution >= 0.6 is 22.9 Å². The number of likely N-dealkylation sites (tertiary alicyclic amines) is 1. The number of halogens is 1. The molecule has 1 fully saturated rings. The van der Waals surface area contributed by atoms with E-state index >= 15 is 0 Å². The van der Waals surface area contributed by atoms with Gasteiger partial charge in [-0.25, -0.2) is 4.79 Å². The minimum absolute atomic E-state index is 0.0880. The summed E-state index contributed by atoms with van der Waals surface area (Å²) in [5.74, 6) is -0.189. The molecule has 132 valence electrons. The average molecular weight is 380 g/mol. The minimum atomic E-state index is -0.301. The molecule has 0 spiro atoms. The Balaban J connectivity index is 1.66. The quantitative estimate of drug-likeness (QED) is 0.858. The van der Waals surface area contributed by atoms with Crippen LogP contribution in [0.1, 0.15) is 33.6 Å². The molecule has 0 saturated carbocycles. The Labute approximate surface area is 154 Å². The Bertz CT molecular complexity index is 764. The van der Waals surface area contributed by atoms with Crippen LogP contribution in [0.25, 0.3) is 0 Å². The maximum Gasteiger partial charge on any atom is 0.317 e. The maximum absolute atomic E-state index is 12.3. The molecule has 1 saturated heterocycles. The van der Waals surface area contributed by atoms with Crippen LogP contribution in [0, 0.1) is 0 Å². The van der Waals surface area contributed by atoms with E-state index in [4.69, 9.17) is 11.6 Å². The highest BCUT2D eigenvalue weighted by Gasteiger charge is 2.27. The van der Waals surface area contributed by atoms with E-state index in [9.17, 15) is 9.59 Å². The highest BCUT2D eigenvalue weighted by Crippen LogP contribution is 2.29. The van der Waals surface area contributed by atoms with Gasteiger partial charge in [-0.1, -0.05) is 22.9 Å². The van der Waals surface area contributed by atoms with E-state index in [0.717, 1.165) is 24.4 Å². The van der Waals surface area contributed by atoms with Gasteiger partial charge >= 0.3 is 6.03 Å². The largest absolute Gasteiger partial charge is 0.341 e. The van der Waals surface area contributed by atoms with Crippen LogP contribution in [0.4, 0.5) is 10.5 Å². The summed E-state index contributed by atoms with van der Waals surface area (Å²) in [5.41, 5.74) is 0.648. The van der Waals surface area contributed by atoms with Crippen molar-refractivity contribution >= 4 is 40.6 Å². The van der Waals surface area contributed by atoms with Crippen LogP contribution in [-0.4, -0.2) is 47.2 Å². The normalized spacial score (nSPS) is 17.2. The predicted octanol–water partition coefficient (Wildman–Crippen LogP) is 2.96. The predicted molar refractivity (Wildman–Crippen MR) is 97.3 cm³/mol. The molecule has 2 heterocycles. The lowest BCUT2D eigenvalue weighted by atomic mass is 9.99. The van der Waals surface area contributed by atoms with Crippen molar-refractivity contribution in [3.05, 3.63) is 39.3 Å². The fourth-order valence-electron chi connectivity index (χ4n) is 2.73. The molecule has 1 aliphatic rings. The summed E-state index contributed by atoms with van der Waals surface area (Å²) < 4.78 is 0. The van der Waals surface area contributed by atoms with Crippen LogP contribution in [0.2, 0.25) is 5.02 Å². The van der Waals surface area contributed by atoms with Crippen molar-refractivity contribution in [2.75, 3.05) is 25.5 Å². The Morgan fingerprint density at radius 2 is 2.04 bits per heavy atom. The molecule has 1 atom stereocenters. The van der Waals surface area contributed by atoms with E-state index < -0.39 is 0 Å². The lowest BCUT2D eigenvalue weighted by Crippen LogP contribution is -2.43. The van der Waals surface area contributed by atoms with Gasteiger partial charge in [-0.05, 0) is 37.1 Å². The number of carbonyl (C=O) groups excluding carboxylic acids is 2. The average Bonchev–Trinajstić information content (AvgIpc) is 3.13. The molecule has 0 unspecified atom stereocenters. The lowest BCUT2D eigenvalue weighted by Gasteiger charge is -2.31. The number of amides is 3. The summed E-state index contributed by atoms with van der Waals surface area (Å²) in [4.78, 5) is 25.9. The molecule has 1 aromatic carbocycles. The van der Waals surface area contributed by atoms with Crippen LogP contribution in [0.5, 0.6) is 0 Å². The van der Waals surface area contributed by atoms with E-state index in [1.54, 1.807) is 36.2 Å². The van der Waals surface area contributed by atoms with Gasteiger partial charge in [-0.3, -0.25) is 4.79 Å². The van der Waals surface area contributed by atoms with Gasteiger partial charge in [0.2, 0.25) is 5.01 Å². The first kappa shape index (κ1) is 17.6. The van der Waals surface area contributed by atoms with Crippen molar-refractivity contribution in [3.63, 3.8) is 0 Å². The number of hydrogen-bond acceptors (Lipinski definition) is 5. The van der Waals surface area contributed by atoms with Crippen molar-refractivity contribution in [2.45, 2.75) is 18.8 Å². The van der Waals surface area contributed by atoms with E-state index in [0.29, 0.717) is 22.3 Å². The van der Waals surface area contributed by atoms with Gasteiger partial charge in [0, 0.05) is 36.8 Å². The third-order valence-electron chi connectivity index (χ3n) is 4.01. The molecule has 9 heteroatoms. The SMILES string of the molecule is CNC(=O)N1CCC[C@@H](c2nnc(C(=O)Nc3ccc(Cl)cc3)s2)C1. The van der Waals surface area contributed by atoms with Gasteiger partial charge < -0.3 is 15.5 Å². The first-order chi connectivity index (χ1) is 12.1. The minimum Gasteiger partial charge on any atom is -0.341 e. The molecule has 3 amide bonds. The monoisotopic (exact) mass is 379 g/mol. The van der Waals surface area contributed by atoms with Crippen molar-refractivity contribution in [3.8, 4) is 0 Å². The summed E-state index contributed by atoms with van der Waals surface area (Å²) in [6.45, 7) is 1.33. The third kappa shape index (κ3) is 4.26. The first-order valence-electron chi connectivity index (χ1n) is 7.94. The van der Waals surface area contributed by atoms with Crippen molar-refractivity contribution in [2.24, 2.45) is 0 Å². The standard InChI is InChI=1S/C16H18ClN5O2S/c1-18-16(24)22-8-2-3-10(9-22)14-20-21-15(25-14)13(23)19-12-6-4-11(17)5-7-12/h4-7,10H,2-3,8-9H2,1H3,(H,18,24)(H,19,23)/t10-/m1/s1. The summed E-state index contributed by atoms with van der Waals surface area (Å²) in [5, 5.41) is 15.3. The Kier molecular flexibility index (Phi) is 5.50. The topological polar surface area (TPSA) is 87.2 Å². The Morgan fingerprint density at radius 1 is 1.28 bits per heavy atom. The number of nitrogens with one attached hydrogen (secondary N) is 2. The Hall–Kier alpha value is -2.19. The van der Waals surface area contributed by atoms with Gasteiger partial charge in [-0.15, -0.1) is 10.2 Å². The molecular weight excluding hydrogens is 362 g/mol. The van der Waals surface area contributed by atoms with Crippen molar-refractivity contribution < 1.29 is 9.59 Å². The molecule has 25 heavy (non-hydrogen) atoms. The second-order valence-corrected chi connectivity index (χ2v) is 7.19. The van der Waals surface area contributed by atoms with Gasteiger partial charge in [0.25, 0.3) is 5.91 Å². The molecule has 2 N–H and O–H groups in total. The van der Waals surface area contributed by atoms with Crippen molar-refractivity contribution in [1.29, 1.82) is 0 Å². The van der Waals surface area contributed by atoms with E-state index in [-0.39, 0.29) is 17.9 Å². The highest BCUT2D eigenvalue weighted by atomic mass is 35.5. The van der Waals surface area contributed by atoms with Gasteiger partial charge in [-0.2, -0.15) is 0 Å². The summed E-state index contributed by atoms with van der Waals surface area (Å²) in [6, 6.07) is 6.78. The Morgan fingerprint density at radius 3 is 2.76 bits per heavy atom. The number of piperidine rings is 1. The maximum atomic E-state index is 12.3. The second-order valence-electron chi connectivity index (χ2n) is 5.75. The molecule has 0 radical (unpaired) electrons. The number of nitrogens with zero attached hydrogens (tertiary/aromatic N) is 3. The zero-order valence-corrected chi connectivity index (χ0v) is 15.2. The van der Waals surface area contributed by atoms with Crippen molar-refractivity contribution in [1.82, 2.24) is 20.4 Å². The number of benzene rings is 1. The number of anilines is 1. The molecule has 3 rings (SSSR count). The third-order valence-corrected chi connectivity index (χ3v) is 5.35. The van der Waals surface area contributed by atoms with E-state index in [1.807, 2.05) is 0 Å². The number of carbonyl (C=O) groups is 2. The smallest absolute Gasteiger partial charge is 0.317 e. The number of aromatic nitrogens is 2. The van der Waals surface area contributed by atoms with Crippen LogP contribution in [-0.2, 0) is 0 Å². The molecular formula is C16H18ClN5O2S. The number of hydrogen-bond donors (Lipinski definition) is 2. The number of rotatable bonds is 3. The van der Waals surface area contributed by atoms with Gasteiger partial charge in [0.1, 0.15) is 5.01 Å². The van der Waals surface area contributed by atoms with Gasteiger partial charge in [0.05, 0.1) is 0 Å². The fourth-order valence-corrected chi connectivity index (χ4v) is 3.72. The molecule has 7 nitrogen and oxygen atoms in total.